The van der Waals surface area contributed by atoms with E-state index in [-0.39, 0.29) is 48.8 Å². The summed E-state index contributed by atoms with van der Waals surface area (Å²) in [5.41, 5.74) is 3.48. The normalized spacial score (nSPS) is 21.6. The van der Waals surface area contributed by atoms with E-state index < -0.39 is 0 Å². The Hall–Kier alpha value is -3.82. The second-order valence-electron chi connectivity index (χ2n) is 9.07. The molecule has 9 nitrogen and oxygen atoms in total. The van der Waals surface area contributed by atoms with E-state index in [1.807, 2.05) is 11.0 Å². The van der Waals surface area contributed by atoms with E-state index >= 15 is 0 Å². The Bertz CT molecular complexity index is 1210. The minimum Gasteiger partial charge on any atom is -0.338 e. The number of rotatable bonds is 6. The molecule has 0 bridgehead atoms. The highest BCUT2D eigenvalue weighted by atomic mass is 16.6. The van der Waals surface area contributed by atoms with Crippen molar-refractivity contribution in [2.45, 2.75) is 6.42 Å². The molecule has 2 unspecified atom stereocenters. The lowest BCUT2D eigenvalue weighted by molar-refractivity contribution is -0.125. The van der Waals surface area contributed by atoms with E-state index in [9.17, 15) is 14.4 Å². The van der Waals surface area contributed by atoms with E-state index in [0.29, 0.717) is 23.9 Å². The summed E-state index contributed by atoms with van der Waals surface area (Å²) in [6.45, 7) is 1.61. The number of fused-ring (bicyclic) bond motifs is 2. The maximum absolute atomic E-state index is 12.9. The summed E-state index contributed by atoms with van der Waals surface area (Å²) in [6, 6.07) is 12.0. The Morgan fingerprint density at radius 3 is 2.83 bits per heavy atom. The lowest BCUT2D eigenvalue weighted by Crippen LogP contribution is -2.37. The Labute approximate surface area is 203 Å². The van der Waals surface area contributed by atoms with Crippen molar-refractivity contribution >= 4 is 35.2 Å². The molecule has 1 aromatic heterocycles. The zero-order chi connectivity index (χ0) is 24.4. The highest BCUT2D eigenvalue weighted by molar-refractivity contribution is 6.08. The third kappa shape index (κ3) is 4.87. The minimum atomic E-state index is -0.349. The number of anilines is 1. The van der Waals surface area contributed by atoms with Gasteiger partial charge in [-0.3, -0.25) is 14.4 Å². The van der Waals surface area contributed by atoms with Crippen molar-refractivity contribution in [2.75, 3.05) is 38.1 Å². The van der Waals surface area contributed by atoms with Crippen LogP contribution in [0, 0.1) is 11.8 Å². The molecular weight excluding hydrogens is 446 g/mol. The van der Waals surface area contributed by atoms with Crippen LogP contribution in [0.25, 0.3) is 11.6 Å². The fraction of sp³-hybridized carbons (Fsp3) is 0.308. The number of pyridine rings is 1. The fourth-order valence-corrected chi connectivity index (χ4v) is 4.99. The molecule has 3 N–H and O–H groups in total. The van der Waals surface area contributed by atoms with Crippen LogP contribution in [-0.2, 0) is 14.4 Å². The molecule has 2 aliphatic heterocycles. The Kier molecular flexibility index (Phi) is 6.43. The van der Waals surface area contributed by atoms with Crippen LogP contribution in [0.1, 0.15) is 27.9 Å². The van der Waals surface area contributed by atoms with Gasteiger partial charge in [0.25, 0.3) is 5.91 Å². The Morgan fingerprint density at radius 1 is 1.23 bits per heavy atom. The van der Waals surface area contributed by atoms with Crippen molar-refractivity contribution in [3.63, 3.8) is 0 Å². The number of carbonyl (C=O) groups is 3. The predicted octanol–water partition coefficient (Wildman–Crippen LogP) is 1.94. The van der Waals surface area contributed by atoms with Crippen LogP contribution in [-0.4, -0.2) is 65.3 Å². The van der Waals surface area contributed by atoms with Crippen LogP contribution in [0.15, 0.2) is 54.7 Å². The summed E-state index contributed by atoms with van der Waals surface area (Å²) in [7, 11) is 0. The molecule has 1 aliphatic carbocycles. The summed E-state index contributed by atoms with van der Waals surface area (Å²) in [5.74, 6) is 5.33. The Morgan fingerprint density at radius 2 is 2.06 bits per heavy atom. The van der Waals surface area contributed by atoms with Gasteiger partial charge in [0.05, 0.1) is 12.2 Å². The number of benzene rings is 1. The number of amides is 3. The molecule has 2 aromatic rings. The molecular formula is C26H27N5O4. The molecule has 9 heteroatoms. The van der Waals surface area contributed by atoms with Gasteiger partial charge in [-0.05, 0) is 47.1 Å². The highest BCUT2D eigenvalue weighted by Gasteiger charge is 2.37. The van der Waals surface area contributed by atoms with Gasteiger partial charge < -0.3 is 20.0 Å². The smallest absolute Gasteiger partial charge is 0.258 e. The molecule has 3 aliphatic rings. The van der Waals surface area contributed by atoms with Gasteiger partial charge in [0.15, 0.2) is 0 Å². The number of hydrogen-bond donors (Lipinski definition) is 2. The van der Waals surface area contributed by atoms with E-state index in [4.69, 9.17) is 5.90 Å². The number of aromatic nitrogens is 1. The van der Waals surface area contributed by atoms with Crippen molar-refractivity contribution < 1.29 is 19.2 Å². The van der Waals surface area contributed by atoms with Crippen LogP contribution < -0.4 is 11.2 Å². The van der Waals surface area contributed by atoms with E-state index in [2.05, 4.69) is 45.5 Å². The second-order valence-corrected chi connectivity index (χ2v) is 9.07. The van der Waals surface area contributed by atoms with Crippen LogP contribution in [0.3, 0.4) is 0 Å². The molecule has 3 heterocycles. The van der Waals surface area contributed by atoms with Crippen molar-refractivity contribution in [3.05, 3.63) is 71.4 Å². The summed E-state index contributed by atoms with van der Waals surface area (Å²) in [6.07, 6.45) is 8.00. The number of allylic oxidation sites excluding steroid dienone is 1. The second kappa shape index (κ2) is 9.81. The molecule has 0 radical (unpaired) electrons. The minimum absolute atomic E-state index is 0.0645. The van der Waals surface area contributed by atoms with Gasteiger partial charge in [-0.15, -0.1) is 0 Å². The summed E-state index contributed by atoms with van der Waals surface area (Å²) in [4.78, 5) is 49.9. The maximum Gasteiger partial charge on any atom is 0.258 e. The Balaban J connectivity index is 1.26. The number of nitrogens with zero attached hydrogens (tertiary/aromatic N) is 3. The lowest BCUT2D eigenvalue weighted by atomic mass is 9.98. The topological polar surface area (TPSA) is 118 Å². The van der Waals surface area contributed by atoms with Gasteiger partial charge in [0, 0.05) is 31.9 Å². The molecule has 2 atom stereocenters. The van der Waals surface area contributed by atoms with Gasteiger partial charge >= 0.3 is 0 Å². The van der Waals surface area contributed by atoms with Gasteiger partial charge in [0.1, 0.15) is 12.4 Å². The third-order valence-electron chi connectivity index (χ3n) is 6.76. The first kappa shape index (κ1) is 22.9. The first-order valence-corrected chi connectivity index (χ1v) is 11.7. The summed E-state index contributed by atoms with van der Waals surface area (Å²) in [5, 5.41) is 2.64. The summed E-state index contributed by atoms with van der Waals surface area (Å²) < 4.78 is 0. The molecule has 35 heavy (non-hydrogen) atoms. The molecule has 1 fully saturated rings. The van der Waals surface area contributed by atoms with E-state index in [1.165, 1.54) is 28.3 Å². The number of nitrogens with two attached hydrogens (primary N) is 1. The summed E-state index contributed by atoms with van der Waals surface area (Å²) >= 11 is 0. The lowest BCUT2D eigenvalue weighted by Gasteiger charge is -2.18. The molecule has 0 saturated carbocycles. The number of hydrogen-bond acceptors (Lipinski definition) is 6. The first-order valence-electron chi connectivity index (χ1n) is 11.7. The van der Waals surface area contributed by atoms with Crippen LogP contribution in [0.5, 0.6) is 0 Å². The van der Waals surface area contributed by atoms with E-state index in [1.54, 1.807) is 12.1 Å². The largest absolute Gasteiger partial charge is 0.338 e. The van der Waals surface area contributed by atoms with Crippen LogP contribution in [0.2, 0.25) is 0 Å². The predicted molar refractivity (Wildman–Crippen MR) is 131 cm³/mol. The molecule has 5 rings (SSSR count). The molecule has 0 spiro atoms. The number of nitrogens with one attached hydrogen (secondary N) is 1. The highest BCUT2D eigenvalue weighted by Crippen LogP contribution is 2.40. The van der Waals surface area contributed by atoms with Crippen molar-refractivity contribution in [3.8, 4) is 0 Å². The SMILES string of the molecule is NOCCN1CC(=O)Nc2ncc(/C=C/C(=O)N3CC4C=C(c5ccccc5)CC4C3)cc2C1=O. The van der Waals surface area contributed by atoms with Gasteiger partial charge in [-0.1, -0.05) is 36.4 Å². The van der Waals surface area contributed by atoms with Crippen molar-refractivity contribution in [2.24, 2.45) is 17.7 Å². The molecule has 1 saturated heterocycles. The standard InChI is InChI=1S/C26H27N5O4/c27-35-9-8-30-16-23(32)29-25-22(26(30)34)10-17(13-28-25)6-7-24(33)31-14-20-11-19(12-21(20)15-31)18-4-2-1-3-5-18/h1-7,10-11,13,20-21H,8-9,12,14-16,27H2,(H,28,29,32)/b7-6+. The third-order valence-corrected chi connectivity index (χ3v) is 6.76. The van der Waals surface area contributed by atoms with Crippen molar-refractivity contribution in [1.82, 2.24) is 14.8 Å². The van der Waals surface area contributed by atoms with Gasteiger partial charge in [-0.25, -0.2) is 10.9 Å². The average molecular weight is 474 g/mol. The van der Waals surface area contributed by atoms with Crippen LogP contribution in [0.4, 0.5) is 5.82 Å². The zero-order valence-corrected chi connectivity index (χ0v) is 19.2. The molecule has 1 aromatic carbocycles. The quantitative estimate of drug-likeness (QED) is 0.489. The first-order chi connectivity index (χ1) is 17.0. The van der Waals surface area contributed by atoms with Crippen LogP contribution >= 0.6 is 0 Å². The molecule has 180 valence electrons. The number of likely N-dealkylation sites (tertiary alicyclic amines) is 1. The fourth-order valence-electron chi connectivity index (χ4n) is 4.99. The van der Waals surface area contributed by atoms with Gasteiger partial charge in [-0.2, -0.15) is 0 Å². The average Bonchev–Trinajstić information content (AvgIpc) is 3.42. The molecule has 3 amide bonds. The van der Waals surface area contributed by atoms with Gasteiger partial charge in [0.2, 0.25) is 11.8 Å². The zero-order valence-electron chi connectivity index (χ0n) is 19.2. The number of carbonyl (C=O) groups excluding carboxylic acids is 3. The maximum atomic E-state index is 12.9. The monoisotopic (exact) mass is 473 g/mol. The van der Waals surface area contributed by atoms with E-state index in [0.717, 1.165) is 13.0 Å². The van der Waals surface area contributed by atoms with Crippen molar-refractivity contribution in [1.29, 1.82) is 0 Å².